The highest BCUT2D eigenvalue weighted by atomic mass is 16.5. The number of rotatable bonds is 4. The average Bonchev–Trinajstić information content (AvgIpc) is 3.26. The average molecular weight is 416 g/mol. The van der Waals surface area contributed by atoms with Crippen LogP contribution in [-0.4, -0.2) is 28.3 Å². The maximum Gasteiger partial charge on any atom is 0.267 e. The SMILES string of the molecule is N#Cc1ccc(Oc2ccc(-c3nc(N)cc(C(N)=O)n3)cc2)cc1.O=C1CCCN1. The van der Waals surface area contributed by atoms with Crippen molar-refractivity contribution in [3.05, 3.63) is 65.9 Å². The van der Waals surface area contributed by atoms with E-state index in [2.05, 4.69) is 15.3 Å². The van der Waals surface area contributed by atoms with Gasteiger partial charge in [-0.2, -0.15) is 5.26 Å². The van der Waals surface area contributed by atoms with E-state index in [0.29, 0.717) is 28.5 Å². The zero-order valence-electron chi connectivity index (χ0n) is 16.5. The molecule has 0 radical (unpaired) electrons. The lowest BCUT2D eigenvalue weighted by molar-refractivity contribution is -0.119. The fraction of sp³-hybridized carbons (Fsp3) is 0.136. The molecule has 5 N–H and O–H groups in total. The predicted octanol–water partition coefficient (Wildman–Crippen LogP) is 2.39. The molecule has 1 aliphatic heterocycles. The van der Waals surface area contributed by atoms with Crippen LogP contribution in [-0.2, 0) is 4.79 Å². The van der Waals surface area contributed by atoms with Crippen molar-refractivity contribution in [2.45, 2.75) is 12.8 Å². The van der Waals surface area contributed by atoms with Gasteiger partial charge in [-0.15, -0.1) is 0 Å². The molecule has 9 heteroatoms. The second-order valence-electron chi connectivity index (χ2n) is 6.58. The summed E-state index contributed by atoms with van der Waals surface area (Å²) in [6.45, 7) is 0.888. The summed E-state index contributed by atoms with van der Waals surface area (Å²) in [5.41, 5.74) is 12.2. The predicted molar refractivity (Wildman–Crippen MR) is 114 cm³/mol. The zero-order chi connectivity index (χ0) is 22.2. The Morgan fingerprint density at radius 2 is 1.71 bits per heavy atom. The molecule has 9 nitrogen and oxygen atoms in total. The third-order valence-corrected chi connectivity index (χ3v) is 4.23. The fourth-order valence-corrected chi connectivity index (χ4v) is 2.69. The second kappa shape index (κ2) is 9.84. The van der Waals surface area contributed by atoms with Crippen molar-refractivity contribution in [3.8, 4) is 29.0 Å². The summed E-state index contributed by atoms with van der Waals surface area (Å²) in [5.74, 6) is 1.22. The molecule has 0 atom stereocenters. The summed E-state index contributed by atoms with van der Waals surface area (Å²) in [5, 5.41) is 11.5. The third kappa shape index (κ3) is 6.01. The highest BCUT2D eigenvalue weighted by Crippen LogP contribution is 2.25. The van der Waals surface area contributed by atoms with Gasteiger partial charge in [0.1, 0.15) is 23.0 Å². The number of nitrogens with two attached hydrogens (primary N) is 2. The number of carbonyl (C=O) groups excluding carboxylic acids is 2. The Bertz CT molecular complexity index is 1110. The normalized spacial score (nSPS) is 12.2. The standard InChI is InChI=1S/C18H13N5O2.C4H7NO/c19-10-11-1-5-13(6-2-11)25-14-7-3-12(4-8-14)18-22-15(17(21)24)9-16(20)23-18;6-4-2-1-3-5-4/h1-9H,(H2,21,24)(H2,20,22,23);1-3H2,(H,5,6). The van der Waals surface area contributed by atoms with Gasteiger partial charge in [0, 0.05) is 24.6 Å². The number of aromatic nitrogens is 2. The van der Waals surface area contributed by atoms with Crippen molar-refractivity contribution < 1.29 is 14.3 Å². The van der Waals surface area contributed by atoms with Gasteiger partial charge in [-0.25, -0.2) is 9.97 Å². The molecule has 1 aliphatic rings. The smallest absolute Gasteiger partial charge is 0.267 e. The van der Waals surface area contributed by atoms with E-state index in [1.54, 1.807) is 48.5 Å². The first-order chi connectivity index (χ1) is 14.9. The monoisotopic (exact) mass is 416 g/mol. The summed E-state index contributed by atoms with van der Waals surface area (Å²) < 4.78 is 5.71. The summed E-state index contributed by atoms with van der Waals surface area (Å²) in [7, 11) is 0. The van der Waals surface area contributed by atoms with Gasteiger partial charge >= 0.3 is 0 Å². The molecule has 4 rings (SSSR count). The molecule has 0 unspecified atom stereocenters. The number of nitriles is 1. The number of ether oxygens (including phenoxy) is 1. The van der Waals surface area contributed by atoms with E-state index in [-0.39, 0.29) is 17.4 Å². The lowest BCUT2D eigenvalue weighted by atomic mass is 10.2. The molecule has 156 valence electrons. The number of nitrogens with zero attached hydrogens (tertiary/aromatic N) is 3. The minimum absolute atomic E-state index is 0.0559. The van der Waals surface area contributed by atoms with Crippen LogP contribution in [0.15, 0.2) is 54.6 Å². The maximum absolute atomic E-state index is 11.3. The number of carbonyl (C=O) groups is 2. The lowest BCUT2D eigenvalue weighted by Gasteiger charge is -2.07. The van der Waals surface area contributed by atoms with Crippen molar-refractivity contribution in [2.24, 2.45) is 5.73 Å². The Morgan fingerprint density at radius 1 is 1.06 bits per heavy atom. The van der Waals surface area contributed by atoms with Crippen LogP contribution in [0.5, 0.6) is 11.5 Å². The third-order valence-electron chi connectivity index (χ3n) is 4.23. The van der Waals surface area contributed by atoms with Crippen LogP contribution in [0.25, 0.3) is 11.4 Å². The van der Waals surface area contributed by atoms with Crippen molar-refractivity contribution in [1.82, 2.24) is 15.3 Å². The summed E-state index contributed by atoms with van der Waals surface area (Å²) in [6, 6.07) is 17.1. The van der Waals surface area contributed by atoms with Gasteiger partial charge in [-0.3, -0.25) is 9.59 Å². The molecule has 0 aliphatic carbocycles. The highest BCUT2D eigenvalue weighted by molar-refractivity contribution is 5.91. The molecule has 2 heterocycles. The van der Waals surface area contributed by atoms with E-state index >= 15 is 0 Å². The Balaban J connectivity index is 0.000000391. The summed E-state index contributed by atoms with van der Waals surface area (Å²) >= 11 is 0. The molecule has 1 aromatic heterocycles. The number of nitrogens with one attached hydrogen (secondary N) is 1. The van der Waals surface area contributed by atoms with Crippen molar-refractivity contribution in [3.63, 3.8) is 0 Å². The van der Waals surface area contributed by atoms with E-state index in [1.165, 1.54) is 6.07 Å². The van der Waals surface area contributed by atoms with Gasteiger partial charge in [0.05, 0.1) is 11.6 Å². The molecule has 2 amide bonds. The lowest BCUT2D eigenvalue weighted by Crippen LogP contribution is -2.14. The van der Waals surface area contributed by atoms with Crippen LogP contribution >= 0.6 is 0 Å². The van der Waals surface area contributed by atoms with Crippen molar-refractivity contribution in [1.29, 1.82) is 5.26 Å². The molecular formula is C22H20N6O3. The van der Waals surface area contributed by atoms with Crippen LogP contribution in [0, 0.1) is 11.3 Å². The van der Waals surface area contributed by atoms with Crippen LogP contribution in [0.2, 0.25) is 0 Å². The first-order valence-corrected chi connectivity index (χ1v) is 9.44. The van der Waals surface area contributed by atoms with E-state index < -0.39 is 5.91 Å². The second-order valence-corrected chi connectivity index (χ2v) is 6.58. The number of primary amides is 1. The Kier molecular flexibility index (Phi) is 6.75. The first kappa shape index (κ1) is 21.3. The Morgan fingerprint density at radius 3 is 2.19 bits per heavy atom. The number of nitrogen functional groups attached to an aromatic ring is 1. The van der Waals surface area contributed by atoms with E-state index in [1.807, 2.05) is 6.07 Å². The number of hydrogen-bond acceptors (Lipinski definition) is 7. The van der Waals surface area contributed by atoms with Gasteiger partial charge < -0.3 is 21.5 Å². The van der Waals surface area contributed by atoms with Gasteiger partial charge in [0.2, 0.25) is 5.91 Å². The quantitative estimate of drug-likeness (QED) is 0.589. The Labute approximate surface area is 178 Å². The molecule has 1 saturated heterocycles. The number of amides is 2. The molecular weight excluding hydrogens is 396 g/mol. The van der Waals surface area contributed by atoms with E-state index in [4.69, 9.17) is 21.5 Å². The van der Waals surface area contributed by atoms with Gasteiger partial charge in [-0.1, -0.05) is 0 Å². The van der Waals surface area contributed by atoms with Crippen LogP contribution in [0.4, 0.5) is 5.82 Å². The Hall–Kier alpha value is -4.45. The fourth-order valence-electron chi connectivity index (χ4n) is 2.69. The van der Waals surface area contributed by atoms with E-state index in [9.17, 15) is 9.59 Å². The molecule has 0 bridgehead atoms. The highest BCUT2D eigenvalue weighted by Gasteiger charge is 2.09. The summed E-state index contributed by atoms with van der Waals surface area (Å²) in [6.07, 6.45) is 1.76. The molecule has 31 heavy (non-hydrogen) atoms. The van der Waals surface area contributed by atoms with Crippen LogP contribution < -0.4 is 21.5 Å². The van der Waals surface area contributed by atoms with Crippen molar-refractivity contribution >= 4 is 17.6 Å². The number of hydrogen-bond donors (Lipinski definition) is 3. The molecule has 3 aromatic rings. The molecule has 1 fully saturated rings. The zero-order valence-corrected chi connectivity index (χ0v) is 16.5. The molecule has 2 aromatic carbocycles. The van der Waals surface area contributed by atoms with E-state index in [0.717, 1.165) is 19.4 Å². The first-order valence-electron chi connectivity index (χ1n) is 9.44. The topological polar surface area (TPSA) is 157 Å². The van der Waals surface area contributed by atoms with Crippen LogP contribution in [0.3, 0.4) is 0 Å². The van der Waals surface area contributed by atoms with Gasteiger partial charge in [0.25, 0.3) is 5.91 Å². The summed E-state index contributed by atoms with van der Waals surface area (Å²) in [4.78, 5) is 29.6. The van der Waals surface area contributed by atoms with Gasteiger partial charge in [-0.05, 0) is 55.0 Å². The minimum atomic E-state index is -0.670. The minimum Gasteiger partial charge on any atom is -0.457 e. The molecule has 0 spiro atoms. The largest absolute Gasteiger partial charge is 0.457 e. The van der Waals surface area contributed by atoms with Gasteiger partial charge in [0.15, 0.2) is 5.82 Å². The van der Waals surface area contributed by atoms with Crippen molar-refractivity contribution in [2.75, 3.05) is 12.3 Å². The molecule has 0 saturated carbocycles. The maximum atomic E-state index is 11.3. The van der Waals surface area contributed by atoms with Crippen LogP contribution in [0.1, 0.15) is 28.9 Å². The number of benzene rings is 2. The number of anilines is 1.